The number of allylic oxidation sites excluding steroid dienone is 4. The van der Waals surface area contributed by atoms with E-state index < -0.39 is 6.09 Å². The fourth-order valence-electron chi connectivity index (χ4n) is 0.848. The molecular formula is C8H9NO2. The molecule has 1 amide bonds. The highest BCUT2D eigenvalue weighted by molar-refractivity contribution is 5.68. The first-order valence-corrected chi connectivity index (χ1v) is 3.25. The van der Waals surface area contributed by atoms with E-state index in [0.717, 1.165) is 5.57 Å². The minimum atomic E-state index is -1.05. The van der Waals surface area contributed by atoms with Crippen molar-refractivity contribution in [3.05, 3.63) is 36.1 Å². The van der Waals surface area contributed by atoms with Crippen LogP contribution in [0.3, 0.4) is 0 Å². The zero-order chi connectivity index (χ0) is 8.27. The van der Waals surface area contributed by atoms with Gasteiger partial charge in [0, 0.05) is 5.70 Å². The SMILES string of the molecule is C=C1CC=CC=C1NC(=O)O. The molecule has 3 nitrogen and oxygen atoms in total. The first-order chi connectivity index (χ1) is 5.20. The van der Waals surface area contributed by atoms with Gasteiger partial charge >= 0.3 is 6.09 Å². The lowest BCUT2D eigenvalue weighted by Gasteiger charge is -2.10. The quantitative estimate of drug-likeness (QED) is 0.598. The van der Waals surface area contributed by atoms with Crippen molar-refractivity contribution in [1.29, 1.82) is 0 Å². The van der Waals surface area contributed by atoms with Gasteiger partial charge in [-0.2, -0.15) is 0 Å². The van der Waals surface area contributed by atoms with Crippen molar-refractivity contribution in [1.82, 2.24) is 5.32 Å². The molecular weight excluding hydrogens is 142 g/mol. The van der Waals surface area contributed by atoms with Crippen LogP contribution in [0.15, 0.2) is 36.1 Å². The number of hydrogen-bond donors (Lipinski definition) is 2. The van der Waals surface area contributed by atoms with Crippen molar-refractivity contribution in [2.75, 3.05) is 0 Å². The molecule has 0 aromatic heterocycles. The van der Waals surface area contributed by atoms with Gasteiger partial charge in [0.2, 0.25) is 0 Å². The van der Waals surface area contributed by atoms with Gasteiger partial charge in [0.15, 0.2) is 0 Å². The molecule has 58 valence electrons. The van der Waals surface area contributed by atoms with Crippen molar-refractivity contribution in [2.24, 2.45) is 0 Å². The van der Waals surface area contributed by atoms with Crippen LogP contribution in [0.25, 0.3) is 0 Å². The Balaban J connectivity index is 2.68. The summed E-state index contributed by atoms with van der Waals surface area (Å²) in [5.41, 5.74) is 1.38. The lowest BCUT2D eigenvalue weighted by atomic mass is 10.1. The monoisotopic (exact) mass is 151 g/mol. The minimum absolute atomic E-state index is 0.583. The topological polar surface area (TPSA) is 49.3 Å². The molecule has 0 aliphatic heterocycles. The molecule has 1 rings (SSSR count). The standard InChI is InChI=1S/C8H9NO2/c1-6-4-2-3-5-7(6)9-8(10)11/h2-3,5,9H,1,4H2,(H,10,11). The highest BCUT2D eigenvalue weighted by Gasteiger charge is 2.05. The smallest absolute Gasteiger partial charge is 0.409 e. The Bertz CT molecular complexity index is 251. The molecule has 3 heteroatoms. The molecule has 0 aromatic rings. The normalized spacial score (nSPS) is 16.0. The Morgan fingerprint density at radius 2 is 2.45 bits per heavy atom. The Hall–Kier alpha value is -1.51. The molecule has 2 N–H and O–H groups in total. The van der Waals surface area contributed by atoms with E-state index >= 15 is 0 Å². The highest BCUT2D eigenvalue weighted by atomic mass is 16.4. The summed E-state index contributed by atoms with van der Waals surface area (Å²) in [6.07, 6.45) is 5.09. The third-order valence-corrected chi connectivity index (χ3v) is 1.39. The summed E-state index contributed by atoms with van der Waals surface area (Å²) in [6, 6.07) is 0. The maximum Gasteiger partial charge on any atom is 0.409 e. The van der Waals surface area contributed by atoms with E-state index in [1.807, 2.05) is 6.08 Å². The van der Waals surface area contributed by atoms with E-state index in [0.29, 0.717) is 12.1 Å². The zero-order valence-electron chi connectivity index (χ0n) is 6.00. The van der Waals surface area contributed by atoms with Crippen LogP contribution in [0.1, 0.15) is 6.42 Å². The van der Waals surface area contributed by atoms with Crippen LogP contribution in [0.4, 0.5) is 4.79 Å². The van der Waals surface area contributed by atoms with Crippen LogP contribution < -0.4 is 5.32 Å². The average Bonchev–Trinajstić information content (AvgIpc) is 1.93. The van der Waals surface area contributed by atoms with Crippen molar-refractivity contribution in [3.8, 4) is 0 Å². The van der Waals surface area contributed by atoms with Gasteiger partial charge in [-0.25, -0.2) is 4.79 Å². The first-order valence-electron chi connectivity index (χ1n) is 3.25. The zero-order valence-corrected chi connectivity index (χ0v) is 6.00. The second-order valence-electron chi connectivity index (χ2n) is 2.25. The predicted octanol–water partition coefficient (Wildman–Crippen LogP) is 1.65. The van der Waals surface area contributed by atoms with Crippen molar-refractivity contribution in [2.45, 2.75) is 6.42 Å². The molecule has 0 saturated heterocycles. The van der Waals surface area contributed by atoms with E-state index in [9.17, 15) is 4.79 Å². The van der Waals surface area contributed by atoms with Gasteiger partial charge in [0.1, 0.15) is 0 Å². The second-order valence-corrected chi connectivity index (χ2v) is 2.25. The minimum Gasteiger partial charge on any atom is -0.465 e. The fourth-order valence-corrected chi connectivity index (χ4v) is 0.848. The summed E-state index contributed by atoms with van der Waals surface area (Å²) in [5.74, 6) is 0. The Labute approximate surface area is 64.7 Å². The molecule has 0 unspecified atom stereocenters. The number of carbonyl (C=O) groups is 1. The lowest BCUT2D eigenvalue weighted by Crippen LogP contribution is -2.21. The fraction of sp³-hybridized carbons (Fsp3) is 0.125. The summed E-state index contributed by atoms with van der Waals surface area (Å²) in [6.45, 7) is 3.70. The van der Waals surface area contributed by atoms with Crippen LogP contribution in [0.2, 0.25) is 0 Å². The summed E-state index contributed by atoms with van der Waals surface area (Å²) >= 11 is 0. The average molecular weight is 151 g/mol. The largest absolute Gasteiger partial charge is 0.465 e. The number of carboxylic acid groups (broad SMARTS) is 1. The van der Waals surface area contributed by atoms with Gasteiger partial charge in [-0.3, -0.25) is 5.32 Å². The first kappa shape index (κ1) is 7.60. The summed E-state index contributed by atoms with van der Waals surface area (Å²) < 4.78 is 0. The second kappa shape index (κ2) is 3.05. The Kier molecular flexibility index (Phi) is 2.11. The Morgan fingerprint density at radius 3 is 3.00 bits per heavy atom. The van der Waals surface area contributed by atoms with Crippen LogP contribution in [-0.4, -0.2) is 11.2 Å². The van der Waals surface area contributed by atoms with Crippen molar-refractivity contribution in [3.63, 3.8) is 0 Å². The number of hydrogen-bond acceptors (Lipinski definition) is 1. The van der Waals surface area contributed by atoms with Crippen LogP contribution in [0, 0.1) is 0 Å². The maximum absolute atomic E-state index is 10.2. The number of amides is 1. The molecule has 0 radical (unpaired) electrons. The molecule has 1 aliphatic rings. The van der Waals surface area contributed by atoms with Gasteiger partial charge in [-0.1, -0.05) is 18.7 Å². The third kappa shape index (κ3) is 1.97. The molecule has 0 spiro atoms. The van der Waals surface area contributed by atoms with Crippen molar-refractivity contribution < 1.29 is 9.90 Å². The molecule has 0 atom stereocenters. The van der Waals surface area contributed by atoms with E-state index in [-0.39, 0.29) is 0 Å². The van der Waals surface area contributed by atoms with E-state index in [2.05, 4.69) is 11.9 Å². The van der Waals surface area contributed by atoms with Gasteiger partial charge < -0.3 is 5.11 Å². The highest BCUT2D eigenvalue weighted by Crippen LogP contribution is 2.14. The van der Waals surface area contributed by atoms with Gasteiger partial charge in [-0.15, -0.1) is 0 Å². The molecule has 11 heavy (non-hydrogen) atoms. The van der Waals surface area contributed by atoms with Crippen molar-refractivity contribution >= 4 is 6.09 Å². The third-order valence-electron chi connectivity index (χ3n) is 1.39. The number of rotatable bonds is 1. The summed E-state index contributed by atoms with van der Waals surface area (Å²) in [4.78, 5) is 10.2. The van der Waals surface area contributed by atoms with E-state index in [1.165, 1.54) is 0 Å². The molecule has 0 saturated carbocycles. The van der Waals surface area contributed by atoms with Gasteiger partial charge in [-0.05, 0) is 18.1 Å². The van der Waals surface area contributed by atoms with Crippen LogP contribution in [0.5, 0.6) is 0 Å². The molecule has 0 heterocycles. The molecule has 0 aromatic carbocycles. The van der Waals surface area contributed by atoms with Gasteiger partial charge in [0.05, 0.1) is 0 Å². The summed E-state index contributed by atoms with van der Waals surface area (Å²) in [5, 5.41) is 10.6. The molecule has 1 aliphatic carbocycles. The predicted molar refractivity (Wildman–Crippen MR) is 42.1 cm³/mol. The molecule has 0 bridgehead atoms. The molecule has 0 fully saturated rings. The van der Waals surface area contributed by atoms with E-state index in [4.69, 9.17) is 5.11 Å². The van der Waals surface area contributed by atoms with Crippen LogP contribution >= 0.6 is 0 Å². The lowest BCUT2D eigenvalue weighted by molar-refractivity contribution is 0.197. The van der Waals surface area contributed by atoms with E-state index in [1.54, 1.807) is 12.2 Å². The maximum atomic E-state index is 10.2. The number of nitrogens with one attached hydrogen (secondary N) is 1. The van der Waals surface area contributed by atoms with Gasteiger partial charge in [0.25, 0.3) is 0 Å². The Morgan fingerprint density at radius 1 is 1.73 bits per heavy atom. The van der Waals surface area contributed by atoms with Crippen LogP contribution in [-0.2, 0) is 0 Å². The summed E-state index contributed by atoms with van der Waals surface area (Å²) in [7, 11) is 0.